The first-order chi connectivity index (χ1) is 12.2. The van der Waals surface area contributed by atoms with Gasteiger partial charge in [-0.1, -0.05) is 38.1 Å². The molecular formula is C22H27NO2. The quantitative estimate of drug-likeness (QED) is 0.829. The lowest BCUT2D eigenvalue weighted by Crippen LogP contribution is -2.22. The molecule has 1 N–H and O–H groups in total. The average Bonchev–Trinajstić information content (AvgIpc) is 2.66. The SMILES string of the molecule is CCc1cccc(CC)c1NC(=O)COc1ccc2c(c1)CCCC2. The van der Waals surface area contributed by atoms with E-state index in [2.05, 4.69) is 49.5 Å². The highest BCUT2D eigenvalue weighted by Gasteiger charge is 2.12. The third kappa shape index (κ3) is 4.22. The topological polar surface area (TPSA) is 38.3 Å². The summed E-state index contributed by atoms with van der Waals surface area (Å²) in [7, 11) is 0. The minimum atomic E-state index is -0.103. The molecule has 0 radical (unpaired) electrons. The van der Waals surface area contributed by atoms with Gasteiger partial charge >= 0.3 is 0 Å². The van der Waals surface area contributed by atoms with Gasteiger partial charge in [-0.2, -0.15) is 0 Å². The van der Waals surface area contributed by atoms with Crippen molar-refractivity contribution in [2.45, 2.75) is 52.4 Å². The van der Waals surface area contributed by atoms with Gasteiger partial charge in [-0.25, -0.2) is 0 Å². The van der Waals surface area contributed by atoms with Crippen LogP contribution in [0.2, 0.25) is 0 Å². The zero-order valence-corrected chi connectivity index (χ0v) is 15.2. The lowest BCUT2D eigenvalue weighted by molar-refractivity contribution is -0.118. The summed E-state index contributed by atoms with van der Waals surface area (Å²) < 4.78 is 5.74. The first-order valence-corrected chi connectivity index (χ1v) is 9.36. The van der Waals surface area contributed by atoms with E-state index >= 15 is 0 Å². The van der Waals surface area contributed by atoms with Crippen LogP contribution in [0, 0.1) is 0 Å². The van der Waals surface area contributed by atoms with Crippen LogP contribution >= 0.6 is 0 Å². The molecule has 3 heteroatoms. The highest BCUT2D eigenvalue weighted by Crippen LogP contribution is 2.26. The number of fused-ring (bicyclic) bond motifs is 1. The fourth-order valence-corrected chi connectivity index (χ4v) is 3.53. The number of amides is 1. The van der Waals surface area contributed by atoms with E-state index in [0.29, 0.717) is 0 Å². The van der Waals surface area contributed by atoms with E-state index in [0.717, 1.165) is 37.1 Å². The Labute approximate surface area is 150 Å². The van der Waals surface area contributed by atoms with Crippen LogP contribution in [0.1, 0.15) is 48.9 Å². The van der Waals surface area contributed by atoms with Gasteiger partial charge in [0.25, 0.3) is 5.91 Å². The van der Waals surface area contributed by atoms with Crippen LogP contribution < -0.4 is 10.1 Å². The van der Waals surface area contributed by atoms with E-state index in [9.17, 15) is 4.79 Å². The Kier molecular flexibility index (Phi) is 5.75. The van der Waals surface area contributed by atoms with E-state index in [1.54, 1.807) is 0 Å². The second-order valence-electron chi connectivity index (χ2n) is 6.63. The van der Waals surface area contributed by atoms with Crippen LogP contribution in [-0.2, 0) is 30.5 Å². The molecule has 1 aliphatic rings. The van der Waals surface area contributed by atoms with Crippen molar-refractivity contribution in [3.05, 3.63) is 58.7 Å². The number of ether oxygens (including phenoxy) is 1. The van der Waals surface area contributed by atoms with Crippen molar-refractivity contribution >= 4 is 11.6 Å². The number of aryl methyl sites for hydroxylation is 4. The molecule has 2 aromatic rings. The summed E-state index contributed by atoms with van der Waals surface area (Å²) in [5.74, 6) is 0.684. The van der Waals surface area contributed by atoms with E-state index in [4.69, 9.17) is 4.74 Å². The lowest BCUT2D eigenvalue weighted by atomic mass is 9.92. The Hall–Kier alpha value is -2.29. The molecular weight excluding hydrogens is 310 g/mol. The molecule has 1 aliphatic carbocycles. The zero-order valence-electron chi connectivity index (χ0n) is 15.2. The number of carbonyl (C=O) groups is 1. The molecule has 3 rings (SSSR count). The number of carbonyl (C=O) groups excluding carboxylic acids is 1. The van der Waals surface area contributed by atoms with Gasteiger partial charge < -0.3 is 10.1 Å². The Bertz CT molecular complexity index is 729. The second kappa shape index (κ2) is 8.19. The third-order valence-electron chi connectivity index (χ3n) is 4.95. The molecule has 0 heterocycles. The fourth-order valence-electron chi connectivity index (χ4n) is 3.53. The number of benzene rings is 2. The Balaban J connectivity index is 1.64. The first-order valence-electron chi connectivity index (χ1n) is 9.36. The largest absolute Gasteiger partial charge is 0.484 e. The van der Waals surface area contributed by atoms with Crippen molar-refractivity contribution in [2.75, 3.05) is 11.9 Å². The van der Waals surface area contributed by atoms with Crippen molar-refractivity contribution in [1.29, 1.82) is 0 Å². The van der Waals surface area contributed by atoms with Gasteiger partial charge in [0.2, 0.25) is 0 Å². The Morgan fingerprint density at radius 3 is 2.36 bits per heavy atom. The number of rotatable bonds is 6. The Morgan fingerprint density at radius 1 is 1.00 bits per heavy atom. The highest BCUT2D eigenvalue weighted by molar-refractivity contribution is 5.93. The van der Waals surface area contributed by atoms with Crippen molar-refractivity contribution in [2.24, 2.45) is 0 Å². The van der Waals surface area contributed by atoms with Crippen LogP contribution in [-0.4, -0.2) is 12.5 Å². The number of para-hydroxylation sites is 1. The average molecular weight is 337 g/mol. The number of nitrogens with one attached hydrogen (secondary N) is 1. The van der Waals surface area contributed by atoms with Gasteiger partial charge in [0.1, 0.15) is 5.75 Å². The number of hydrogen-bond donors (Lipinski definition) is 1. The minimum Gasteiger partial charge on any atom is -0.484 e. The summed E-state index contributed by atoms with van der Waals surface area (Å²) in [4.78, 5) is 12.4. The Morgan fingerprint density at radius 2 is 1.68 bits per heavy atom. The molecule has 0 atom stereocenters. The van der Waals surface area contributed by atoms with E-state index in [1.165, 1.54) is 35.1 Å². The molecule has 25 heavy (non-hydrogen) atoms. The maximum absolute atomic E-state index is 12.4. The van der Waals surface area contributed by atoms with Gasteiger partial charge in [-0.05, 0) is 72.9 Å². The normalized spacial score (nSPS) is 13.2. The summed E-state index contributed by atoms with van der Waals surface area (Å²) in [6.07, 6.45) is 6.58. The van der Waals surface area contributed by atoms with Crippen LogP contribution in [0.15, 0.2) is 36.4 Å². The summed E-state index contributed by atoms with van der Waals surface area (Å²) in [5, 5.41) is 3.05. The molecule has 2 aromatic carbocycles. The summed E-state index contributed by atoms with van der Waals surface area (Å²) >= 11 is 0. The molecule has 0 bridgehead atoms. The molecule has 132 valence electrons. The van der Waals surface area contributed by atoms with Crippen molar-refractivity contribution < 1.29 is 9.53 Å². The van der Waals surface area contributed by atoms with Crippen LogP contribution in [0.4, 0.5) is 5.69 Å². The maximum Gasteiger partial charge on any atom is 0.262 e. The summed E-state index contributed by atoms with van der Waals surface area (Å²) in [6.45, 7) is 4.25. The first kappa shape index (κ1) is 17.5. The van der Waals surface area contributed by atoms with Gasteiger partial charge in [0.05, 0.1) is 0 Å². The number of hydrogen-bond acceptors (Lipinski definition) is 2. The monoisotopic (exact) mass is 337 g/mol. The van der Waals surface area contributed by atoms with Gasteiger partial charge in [-0.3, -0.25) is 4.79 Å². The maximum atomic E-state index is 12.4. The summed E-state index contributed by atoms with van der Waals surface area (Å²) in [5.41, 5.74) is 6.08. The highest BCUT2D eigenvalue weighted by atomic mass is 16.5. The predicted molar refractivity (Wildman–Crippen MR) is 102 cm³/mol. The molecule has 0 fully saturated rings. The fraction of sp³-hybridized carbons (Fsp3) is 0.409. The smallest absolute Gasteiger partial charge is 0.262 e. The van der Waals surface area contributed by atoms with E-state index in [1.807, 2.05) is 6.07 Å². The van der Waals surface area contributed by atoms with Crippen molar-refractivity contribution in [1.82, 2.24) is 0 Å². The molecule has 0 unspecified atom stereocenters. The van der Waals surface area contributed by atoms with Crippen LogP contribution in [0.3, 0.4) is 0 Å². The van der Waals surface area contributed by atoms with Crippen LogP contribution in [0.25, 0.3) is 0 Å². The van der Waals surface area contributed by atoms with Crippen molar-refractivity contribution in [3.63, 3.8) is 0 Å². The van der Waals surface area contributed by atoms with Gasteiger partial charge in [-0.15, -0.1) is 0 Å². The number of anilines is 1. The second-order valence-corrected chi connectivity index (χ2v) is 6.63. The molecule has 3 nitrogen and oxygen atoms in total. The van der Waals surface area contributed by atoms with E-state index < -0.39 is 0 Å². The third-order valence-corrected chi connectivity index (χ3v) is 4.95. The molecule has 1 amide bonds. The molecule has 0 aromatic heterocycles. The molecule has 0 aliphatic heterocycles. The lowest BCUT2D eigenvalue weighted by Gasteiger charge is -2.17. The minimum absolute atomic E-state index is 0.0417. The standard InChI is InChI=1S/C22H27NO2/c1-3-16-10-7-11-17(4-2)22(16)23-21(24)15-25-20-13-12-18-8-5-6-9-19(18)14-20/h7,10-14H,3-6,8-9,15H2,1-2H3,(H,23,24). The van der Waals surface area contributed by atoms with Gasteiger partial charge in [0, 0.05) is 5.69 Å². The van der Waals surface area contributed by atoms with Crippen LogP contribution in [0.5, 0.6) is 5.75 Å². The molecule has 0 saturated carbocycles. The van der Waals surface area contributed by atoms with Crippen molar-refractivity contribution in [3.8, 4) is 5.75 Å². The van der Waals surface area contributed by atoms with Gasteiger partial charge in [0.15, 0.2) is 6.61 Å². The molecule has 0 saturated heterocycles. The molecule has 0 spiro atoms. The summed E-state index contributed by atoms with van der Waals surface area (Å²) in [6, 6.07) is 12.4. The zero-order chi connectivity index (χ0) is 17.6. The predicted octanol–water partition coefficient (Wildman–Crippen LogP) is 4.71. The van der Waals surface area contributed by atoms with E-state index in [-0.39, 0.29) is 12.5 Å².